The average Bonchev–Trinajstić information content (AvgIpc) is 2.96. The molecule has 0 unspecified atom stereocenters. The third-order valence-corrected chi connectivity index (χ3v) is 4.19. The van der Waals surface area contributed by atoms with E-state index in [1.165, 1.54) is 5.69 Å². The molecule has 5 nitrogen and oxygen atoms in total. The Morgan fingerprint density at radius 3 is 2.80 bits per heavy atom. The number of halogens is 1. The number of hydrogen-bond donors (Lipinski definition) is 1. The number of nitrogens with one attached hydrogen (secondary N) is 1. The number of imidazole rings is 1. The van der Waals surface area contributed by atoms with Crippen LogP contribution in [0.5, 0.6) is 0 Å². The highest BCUT2D eigenvalue weighted by Crippen LogP contribution is 2.22. The fourth-order valence-electron chi connectivity index (χ4n) is 2.09. The highest BCUT2D eigenvalue weighted by molar-refractivity contribution is 9.10. The minimum absolute atomic E-state index is 0.471. The van der Waals surface area contributed by atoms with Gasteiger partial charge >= 0.3 is 0 Å². The van der Waals surface area contributed by atoms with E-state index in [2.05, 4.69) is 62.9 Å². The van der Waals surface area contributed by atoms with Gasteiger partial charge in [-0.1, -0.05) is 13.8 Å². The first-order chi connectivity index (χ1) is 9.51. The van der Waals surface area contributed by atoms with Gasteiger partial charge in [0.25, 0.3) is 0 Å². The van der Waals surface area contributed by atoms with Crippen LogP contribution in [0.2, 0.25) is 0 Å². The Bertz CT molecular complexity index is 570. The highest BCUT2D eigenvalue weighted by atomic mass is 79.9. The molecular formula is C14H22BrN5. The second kappa shape index (κ2) is 6.54. The van der Waals surface area contributed by atoms with Gasteiger partial charge in [-0.2, -0.15) is 5.10 Å². The van der Waals surface area contributed by atoms with Crippen molar-refractivity contribution in [2.45, 2.75) is 53.4 Å². The number of aromatic nitrogens is 4. The molecule has 0 saturated heterocycles. The summed E-state index contributed by atoms with van der Waals surface area (Å²) in [7, 11) is 0. The lowest BCUT2D eigenvalue weighted by Crippen LogP contribution is -2.21. The Kier molecular flexibility index (Phi) is 4.99. The van der Waals surface area contributed by atoms with Crippen LogP contribution in [0.3, 0.4) is 0 Å². The molecule has 0 aromatic carbocycles. The van der Waals surface area contributed by atoms with Gasteiger partial charge in [0.1, 0.15) is 0 Å². The molecule has 0 atom stereocenters. The average molecular weight is 340 g/mol. The summed E-state index contributed by atoms with van der Waals surface area (Å²) in [6.45, 7) is 10.9. The molecule has 0 aliphatic heterocycles. The van der Waals surface area contributed by atoms with Gasteiger partial charge in [0.2, 0.25) is 0 Å². The SMILES string of the molecule is CCn1nc(C)c(Br)c1Cn1cnc(CNC(C)C)c1. The summed E-state index contributed by atoms with van der Waals surface area (Å²) >= 11 is 3.63. The van der Waals surface area contributed by atoms with Crippen LogP contribution in [0.4, 0.5) is 0 Å². The van der Waals surface area contributed by atoms with Crippen LogP contribution in [-0.4, -0.2) is 25.4 Å². The Hall–Kier alpha value is -1.14. The summed E-state index contributed by atoms with van der Waals surface area (Å²) in [6.07, 6.45) is 3.97. The normalized spacial score (nSPS) is 11.5. The lowest BCUT2D eigenvalue weighted by molar-refractivity contribution is 0.581. The van der Waals surface area contributed by atoms with E-state index in [4.69, 9.17) is 0 Å². The Morgan fingerprint density at radius 2 is 2.15 bits per heavy atom. The van der Waals surface area contributed by atoms with E-state index in [0.717, 1.165) is 35.5 Å². The van der Waals surface area contributed by atoms with Crippen molar-refractivity contribution in [3.05, 3.63) is 34.1 Å². The molecule has 0 aliphatic rings. The molecule has 0 radical (unpaired) electrons. The molecule has 0 fully saturated rings. The van der Waals surface area contributed by atoms with Crippen LogP contribution >= 0.6 is 15.9 Å². The fourth-order valence-corrected chi connectivity index (χ4v) is 2.50. The monoisotopic (exact) mass is 339 g/mol. The van der Waals surface area contributed by atoms with E-state index in [1.54, 1.807) is 0 Å². The number of rotatable bonds is 6. The van der Waals surface area contributed by atoms with Crippen LogP contribution < -0.4 is 5.32 Å². The van der Waals surface area contributed by atoms with E-state index < -0.39 is 0 Å². The second-order valence-corrected chi connectivity index (χ2v) is 6.03. The molecule has 2 aromatic heterocycles. The van der Waals surface area contributed by atoms with Crippen LogP contribution in [0, 0.1) is 6.92 Å². The zero-order valence-electron chi connectivity index (χ0n) is 12.5. The maximum atomic E-state index is 4.51. The summed E-state index contributed by atoms with van der Waals surface area (Å²) in [5.41, 5.74) is 3.28. The first kappa shape index (κ1) is 15.3. The molecule has 0 amide bonds. The van der Waals surface area contributed by atoms with Crippen molar-refractivity contribution in [1.82, 2.24) is 24.6 Å². The first-order valence-electron chi connectivity index (χ1n) is 6.97. The molecule has 2 heterocycles. The van der Waals surface area contributed by atoms with Crippen molar-refractivity contribution in [1.29, 1.82) is 0 Å². The quantitative estimate of drug-likeness (QED) is 0.880. The molecule has 2 rings (SSSR count). The smallest absolute Gasteiger partial charge is 0.0953 e. The van der Waals surface area contributed by atoms with Gasteiger partial charge in [0.15, 0.2) is 0 Å². The van der Waals surface area contributed by atoms with Crippen molar-refractivity contribution >= 4 is 15.9 Å². The Labute approximate surface area is 128 Å². The van der Waals surface area contributed by atoms with E-state index in [0.29, 0.717) is 6.04 Å². The number of hydrogen-bond acceptors (Lipinski definition) is 3. The number of nitrogens with zero attached hydrogens (tertiary/aromatic N) is 4. The lowest BCUT2D eigenvalue weighted by Gasteiger charge is -2.06. The van der Waals surface area contributed by atoms with Crippen molar-refractivity contribution in [2.75, 3.05) is 0 Å². The summed E-state index contributed by atoms with van der Waals surface area (Å²) < 4.78 is 5.23. The molecule has 0 spiro atoms. The maximum Gasteiger partial charge on any atom is 0.0953 e. The fraction of sp³-hybridized carbons (Fsp3) is 0.571. The van der Waals surface area contributed by atoms with Crippen LogP contribution in [0.1, 0.15) is 37.9 Å². The molecular weight excluding hydrogens is 318 g/mol. The number of aryl methyl sites for hydroxylation is 2. The minimum atomic E-state index is 0.471. The lowest BCUT2D eigenvalue weighted by atomic mass is 10.3. The van der Waals surface area contributed by atoms with Crippen molar-refractivity contribution in [3.63, 3.8) is 0 Å². The maximum absolute atomic E-state index is 4.51. The van der Waals surface area contributed by atoms with E-state index in [9.17, 15) is 0 Å². The van der Waals surface area contributed by atoms with Crippen LogP contribution in [0.15, 0.2) is 17.0 Å². The third kappa shape index (κ3) is 3.49. The molecule has 6 heteroatoms. The molecule has 20 heavy (non-hydrogen) atoms. The predicted octanol–water partition coefficient (Wildman–Crippen LogP) is 2.72. The highest BCUT2D eigenvalue weighted by Gasteiger charge is 2.12. The van der Waals surface area contributed by atoms with Gasteiger partial charge in [-0.25, -0.2) is 4.98 Å². The van der Waals surface area contributed by atoms with E-state index in [-0.39, 0.29) is 0 Å². The van der Waals surface area contributed by atoms with Crippen LogP contribution in [0.25, 0.3) is 0 Å². The third-order valence-electron chi connectivity index (χ3n) is 3.16. The van der Waals surface area contributed by atoms with E-state index in [1.807, 2.05) is 17.9 Å². The summed E-state index contributed by atoms with van der Waals surface area (Å²) in [5, 5.41) is 7.89. The minimum Gasteiger partial charge on any atom is -0.331 e. The molecule has 0 saturated carbocycles. The summed E-state index contributed by atoms with van der Waals surface area (Å²) in [5.74, 6) is 0. The summed E-state index contributed by atoms with van der Waals surface area (Å²) in [4.78, 5) is 4.43. The van der Waals surface area contributed by atoms with Gasteiger partial charge in [0.05, 0.1) is 34.4 Å². The zero-order chi connectivity index (χ0) is 14.7. The van der Waals surface area contributed by atoms with Crippen molar-refractivity contribution in [3.8, 4) is 0 Å². The molecule has 1 N–H and O–H groups in total. The predicted molar refractivity (Wildman–Crippen MR) is 83.6 cm³/mol. The van der Waals surface area contributed by atoms with Gasteiger partial charge in [-0.15, -0.1) is 0 Å². The van der Waals surface area contributed by atoms with Crippen LogP contribution in [-0.2, 0) is 19.6 Å². The first-order valence-corrected chi connectivity index (χ1v) is 7.76. The van der Waals surface area contributed by atoms with Gasteiger partial charge in [-0.05, 0) is 29.8 Å². The van der Waals surface area contributed by atoms with Gasteiger partial charge < -0.3 is 9.88 Å². The van der Waals surface area contributed by atoms with Gasteiger partial charge in [0, 0.05) is 25.3 Å². The molecule has 110 valence electrons. The molecule has 0 aliphatic carbocycles. The molecule has 2 aromatic rings. The van der Waals surface area contributed by atoms with E-state index >= 15 is 0 Å². The second-order valence-electron chi connectivity index (χ2n) is 5.23. The Balaban J connectivity index is 2.10. The zero-order valence-corrected chi connectivity index (χ0v) is 14.1. The van der Waals surface area contributed by atoms with Gasteiger partial charge in [-0.3, -0.25) is 4.68 Å². The largest absolute Gasteiger partial charge is 0.331 e. The molecule has 0 bridgehead atoms. The van der Waals surface area contributed by atoms with Crippen molar-refractivity contribution < 1.29 is 0 Å². The summed E-state index contributed by atoms with van der Waals surface area (Å²) in [6, 6.07) is 0.471. The topological polar surface area (TPSA) is 47.7 Å². The Morgan fingerprint density at radius 1 is 1.40 bits per heavy atom. The standard InChI is InChI=1S/C14H22BrN5/c1-5-20-13(14(15)11(4)18-20)8-19-7-12(17-9-19)6-16-10(2)3/h7,9-10,16H,5-6,8H2,1-4H3. The van der Waals surface area contributed by atoms with Crippen molar-refractivity contribution in [2.24, 2.45) is 0 Å².